The molecule has 12 nitrogen and oxygen atoms in total. The van der Waals surface area contributed by atoms with E-state index in [1.165, 1.54) is 16.7 Å². The highest BCUT2D eigenvalue weighted by atomic mass is 32.2. The summed E-state index contributed by atoms with van der Waals surface area (Å²) in [6, 6.07) is -2.70. The van der Waals surface area contributed by atoms with Crippen molar-refractivity contribution < 1.29 is 24.3 Å². The van der Waals surface area contributed by atoms with Gasteiger partial charge in [0.15, 0.2) is 5.96 Å². The Bertz CT molecular complexity index is 672. The second kappa shape index (κ2) is 13.7. The van der Waals surface area contributed by atoms with Crippen molar-refractivity contribution in [2.75, 3.05) is 31.6 Å². The molecule has 176 valence electrons. The van der Waals surface area contributed by atoms with Gasteiger partial charge >= 0.3 is 5.97 Å². The second-order valence-corrected chi connectivity index (χ2v) is 8.13. The Morgan fingerprint density at radius 2 is 1.90 bits per heavy atom. The molecule has 0 aromatic carbocycles. The van der Waals surface area contributed by atoms with E-state index in [-0.39, 0.29) is 31.4 Å². The lowest BCUT2D eigenvalue weighted by Crippen LogP contribution is -2.55. The summed E-state index contributed by atoms with van der Waals surface area (Å²) in [7, 11) is 0. The van der Waals surface area contributed by atoms with Gasteiger partial charge in [-0.1, -0.05) is 0 Å². The molecule has 1 aliphatic rings. The van der Waals surface area contributed by atoms with Crippen molar-refractivity contribution in [3.63, 3.8) is 0 Å². The standard InChI is InChI=1S/C18H33N7O5S/c1-31-9-6-11(23-14(26)10-19)16(28)25-8-3-5-13(25)15(27)24-12(17(29)30)4-2-7-22-18(20)21/h11-13H,2-10,19H2,1H3,(H,23,26)(H,24,27)(H,29,30)(H4,20,21,22). The summed E-state index contributed by atoms with van der Waals surface area (Å²) in [6.45, 7) is 0.356. The Morgan fingerprint density at radius 3 is 2.48 bits per heavy atom. The van der Waals surface area contributed by atoms with E-state index >= 15 is 0 Å². The minimum absolute atomic E-state index is 0.0891. The topological polar surface area (TPSA) is 206 Å². The molecule has 0 spiro atoms. The van der Waals surface area contributed by atoms with Crippen LogP contribution in [0.4, 0.5) is 0 Å². The predicted octanol–water partition coefficient (Wildman–Crippen LogP) is -2.20. The van der Waals surface area contributed by atoms with E-state index in [4.69, 9.17) is 17.2 Å². The SMILES string of the molecule is CSCCC(NC(=O)CN)C(=O)N1CCCC1C(=O)NC(CCCN=C(N)N)C(=O)O. The quantitative estimate of drug-likeness (QED) is 0.100. The minimum Gasteiger partial charge on any atom is -0.480 e. The lowest BCUT2D eigenvalue weighted by molar-refractivity contribution is -0.145. The first-order valence-electron chi connectivity index (χ1n) is 10.1. The Balaban J connectivity index is 2.80. The van der Waals surface area contributed by atoms with Gasteiger partial charge in [0, 0.05) is 13.1 Å². The summed E-state index contributed by atoms with van der Waals surface area (Å²) in [4.78, 5) is 54.3. The number of likely N-dealkylation sites (tertiary alicyclic amines) is 1. The van der Waals surface area contributed by atoms with Gasteiger partial charge in [0.2, 0.25) is 17.7 Å². The number of carboxylic acids is 1. The number of nitrogens with two attached hydrogens (primary N) is 3. The van der Waals surface area contributed by atoms with E-state index in [2.05, 4.69) is 15.6 Å². The fourth-order valence-electron chi connectivity index (χ4n) is 3.28. The number of amides is 3. The third-order valence-electron chi connectivity index (χ3n) is 4.83. The average molecular weight is 460 g/mol. The summed E-state index contributed by atoms with van der Waals surface area (Å²) < 4.78 is 0. The molecule has 0 aromatic rings. The summed E-state index contributed by atoms with van der Waals surface area (Å²) in [5, 5.41) is 14.5. The van der Waals surface area contributed by atoms with Crippen LogP contribution in [0.2, 0.25) is 0 Å². The number of aliphatic imine (C=N–C) groups is 1. The van der Waals surface area contributed by atoms with Crippen LogP contribution in [0, 0.1) is 0 Å². The molecular weight excluding hydrogens is 426 g/mol. The van der Waals surface area contributed by atoms with Crippen LogP contribution in [0.3, 0.4) is 0 Å². The van der Waals surface area contributed by atoms with Crippen LogP contribution in [0.1, 0.15) is 32.1 Å². The summed E-state index contributed by atoms with van der Waals surface area (Å²) in [6.07, 6.45) is 3.81. The van der Waals surface area contributed by atoms with E-state index in [0.717, 1.165) is 0 Å². The van der Waals surface area contributed by atoms with E-state index in [0.29, 0.717) is 38.0 Å². The third-order valence-corrected chi connectivity index (χ3v) is 5.47. The normalized spacial score (nSPS) is 17.5. The van der Waals surface area contributed by atoms with Crippen molar-refractivity contribution in [3.05, 3.63) is 0 Å². The fraction of sp³-hybridized carbons (Fsp3) is 0.722. The van der Waals surface area contributed by atoms with Crippen LogP contribution in [-0.4, -0.2) is 89.4 Å². The molecule has 1 fully saturated rings. The van der Waals surface area contributed by atoms with E-state index in [9.17, 15) is 24.3 Å². The summed E-state index contributed by atoms with van der Waals surface area (Å²) in [5.74, 6) is -1.98. The van der Waals surface area contributed by atoms with Gasteiger partial charge in [-0.15, -0.1) is 0 Å². The Labute approximate surface area is 185 Å². The largest absolute Gasteiger partial charge is 0.480 e. The zero-order chi connectivity index (χ0) is 23.4. The molecule has 1 heterocycles. The molecule has 3 amide bonds. The first kappa shape index (κ1) is 26.5. The number of hydrogen-bond donors (Lipinski definition) is 6. The summed E-state index contributed by atoms with van der Waals surface area (Å²) in [5.41, 5.74) is 15.8. The van der Waals surface area contributed by atoms with Gasteiger partial charge < -0.3 is 37.8 Å². The zero-order valence-corrected chi connectivity index (χ0v) is 18.5. The van der Waals surface area contributed by atoms with Crippen LogP contribution in [0.5, 0.6) is 0 Å². The number of guanidine groups is 1. The first-order valence-corrected chi connectivity index (χ1v) is 11.5. The third kappa shape index (κ3) is 9.00. The van der Waals surface area contributed by atoms with Gasteiger partial charge in [0.1, 0.15) is 18.1 Å². The molecule has 1 rings (SSSR count). The molecule has 1 aliphatic heterocycles. The van der Waals surface area contributed by atoms with Crippen molar-refractivity contribution in [1.29, 1.82) is 0 Å². The van der Waals surface area contributed by atoms with Crippen molar-refractivity contribution in [1.82, 2.24) is 15.5 Å². The van der Waals surface area contributed by atoms with Crippen LogP contribution >= 0.6 is 11.8 Å². The molecule has 9 N–H and O–H groups in total. The number of nitrogens with one attached hydrogen (secondary N) is 2. The second-order valence-electron chi connectivity index (χ2n) is 7.14. The fourth-order valence-corrected chi connectivity index (χ4v) is 3.75. The maximum absolute atomic E-state index is 13.0. The smallest absolute Gasteiger partial charge is 0.326 e. The monoisotopic (exact) mass is 459 g/mol. The Hall–Kier alpha value is -2.54. The summed E-state index contributed by atoms with van der Waals surface area (Å²) >= 11 is 1.53. The number of hydrogen-bond acceptors (Lipinski definition) is 7. The number of thioether (sulfide) groups is 1. The molecule has 0 radical (unpaired) electrons. The highest BCUT2D eigenvalue weighted by molar-refractivity contribution is 7.98. The van der Waals surface area contributed by atoms with Gasteiger partial charge in [-0.25, -0.2) is 4.79 Å². The molecule has 31 heavy (non-hydrogen) atoms. The predicted molar refractivity (Wildman–Crippen MR) is 118 cm³/mol. The number of carbonyl (C=O) groups excluding carboxylic acids is 3. The van der Waals surface area contributed by atoms with Gasteiger partial charge in [-0.05, 0) is 44.1 Å². The van der Waals surface area contributed by atoms with Crippen LogP contribution in [0.25, 0.3) is 0 Å². The lowest BCUT2D eigenvalue weighted by Gasteiger charge is -2.29. The van der Waals surface area contributed by atoms with Crippen LogP contribution < -0.4 is 27.8 Å². The van der Waals surface area contributed by atoms with Crippen LogP contribution in [-0.2, 0) is 19.2 Å². The first-order chi connectivity index (χ1) is 14.7. The molecule has 13 heteroatoms. The molecule has 0 aliphatic carbocycles. The molecule has 0 bridgehead atoms. The average Bonchev–Trinajstić information content (AvgIpc) is 3.22. The molecule has 0 aromatic heterocycles. The minimum atomic E-state index is -1.18. The van der Waals surface area contributed by atoms with Gasteiger partial charge in [0.25, 0.3) is 0 Å². The number of nitrogens with zero attached hydrogens (tertiary/aromatic N) is 2. The highest BCUT2D eigenvalue weighted by Crippen LogP contribution is 2.20. The Morgan fingerprint density at radius 1 is 1.19 bits per heavy atom. The van der Waals surface area contributed by atoms with E-state index < -0.39 is 35.9 Å². The zero-order valence-electron chi connectivity index (χ0n) is 17.7. The molecule has 1 saturated heterocycles. The van der Waals surface area contributed by atoms with Gasteiger partial charge in [-0.3, -0.25) is 19.4 Å². The van der Waals surface area contributed by atoms with E-state index in [1.807, 2.05) is 6.26 Å². The van der Waals surface area contributed by atoms with Crippen molar-refractivity contribution in [2.24, 2.45) is 22.2 Å². The number of rotatable bonds is 13. The van der Waals surface area contributed by atoms with Gasteiger partial charge in [-0.2, -0.15) is 11.8 Å². The van der Waals surface area contributed by atoms with Crippen molar-refractivity contribution in [3.8, 4) is 0 Å². The molecule has 3 unspecified atom stereocenters. The van der Waals surface area contributed by atoms with E-state index in [1.54, 1.807) is 0 Å². The maximum atomic E-state index is 13.0. The number of carbonyl (C=O) groups is 4. The molecule has 0 saturated carbocycles. The van der Waals surface area contributed by atoms with Gasteiger partial charge in [0.05, 0.1) is 6.54 Å². The molecular formula is C18H33N7O5S. The lowest BCUT2D eigenvalue weighted by atomic mass is 10.1. The highest BCUT2D eigenvalue weighted by Gasteiger charge is 2.38. The number of carboxylic acid groups (broad SMARTS) is 1. The van der Waals surface area contributed by atoms with Crippen LogP contribution in [0.15, 0.2) is 4.99 Å². The Kier molecular flexibility index (Phi) is 11.7. The van der Waals surface area contributed by atoms with Crippen molar-refractivity contribution >= 4 is 41.4 Å². The number of aliphatic carboxylic acids is 1. The molecule has 3 atom stereocenters. The maximum Gasteiger partial charge on any atom is 0.326 e. The van der Waals surface area contributed by atoms with Crippen molar-refractivity contribution in [2.45, 2.75) is 50.2 Å².